The van der Waals surface area contributed by atoms with Crippen LogP contribution in [0.2, 0.25) is 0 Å². The lowest BCUT2D eigenvalue weighted by Crippen LogP contribution is -2.46. The second-order valence-electron chi connectivity index (χ2n) is 6.88. The van der Waals surface area contributed by atoms with Crippen LogP contribution in [0.1, 0.15) is 45.9 Å². The second kappa shape index (κ2) is 9.17. The standard InChI is InChI=1S/C22H24N2O4/c1-28-22(27)17-11-9-15(10-12-17)13-20(23-14-25)21(26)24-19-8-4-6-16-5-2-3-7-18(16)19/h2-3,5,7,9-12,14,19-20H,4,6,8,13H2,1H3,(H,23,25)(H,24,26). The molecular formula is C22H24N2O4. The zero-order valence-electron chi connectivity index (χ0n) is 15.8. The van der Waals surface area contributed by atoms with Crippen LogP contribution in [0.15, 0.2) is 48.5 Å². The molecule has 2 aromatic carbocycles. The van der Waals surface area contributed by atoms with Gasteiger partial charge in [-0.3, -0.25) is 9.59 Å². The highest BCUT2D eigenvalue weighted by molar-refractivity contribution is 5.89. The summed E-state index contributed by atoms with van der Waals surface area (Å²) in [4.78, 5) is 35.4. The molecule has 0 heterocycles. The van der Waals surface area contributed by atoms with Gasteiger partial charge in [-0.1, -0.05) is 36.4 Å². The molecular weight excluding hydrogens is 356 g/mol. The third-order valence-electron chi connectivity index (χ3n) is 5.09. The first-order valence-electron chi connectivity index (χ1n) is 9.37. The molecule has 146 valence electrons. The van der Waals surface area contributed by atoms with Gasteiger partial charge in [-0.05, 0) is 48.1 Å². The van der Waals surface area contributed by atoms with Crippen molar-refractivity contribution in [3.63, 3.8) is 0 Å². The van der Waals surface area contributed by atoms with Gasteiger partial charge in [0.15, 0.2) is 0 Å². The number of carbonyl (C=O) groups excluding carboxylic acids is 3. The zero-order valence-corrected chi connectivity index (χ0v) is 15.8. The van der Waals surface area contributed by atoms with Crippen molar-refractivity contribution in [2.24, 2.45) is 0 Å². The van der Waals surface area contributed by atoms with Crippen molar-refractivity contribution in [1.82, 2.24) is 10.6 Å². The van der Waals surface area contributed by atoms with Gasteiger partial charge in [0.1, 0.15) is 6.04 Å². The van der Waals surface area contributed by atoms with Crippen molar-refractivity contribution >= 4 is 18.3 Å². The number of ether oxygens (including phenoxy) is 1. The second-order valence-corrected chi connectivity index (χ2v) is 6.88. The van der Waals surface area contributed by atoms with Crippen LogP contribution in [0, 0.1) is 0 Å². The fourth-order valence-electron chi connectivity index (χ4n) is 3.62. The maximum Gasteiger partial charge on any atom is 0.337 e. The van der Waals surface area contributed by atoms with Crippen molar-refractivity contribution in [3.05, 3.63) is 70.8 Å². The number of amides is 2. The number of hydrogen-bond donors (Lipinski definition) is 2. The minimum Gasteiger partial charge on any atom is -0.465 e. The van der Waals surface area contributed by atoms with Gasteiger partial charge in [-0.25, -0.2) is 4.79 Å². The normalized spacial score (nSPS) is 16.4. The van der Waals surface area contributed by atoms with Crippen LogP contribution >= 0.6 is 0 Å². The number of esters is 1. The van der Waals surface area contributed by atoms with E-state index in [1.807, 2.05) is 18.2 Å². The van der Waals surface area contributed by atoms with Crippen LogP contribution < -0.4 is 10.6 Å². The van der Waals surface area contributed by atoms with E-state index in [-0.39, 0.29) is 11.9 Å². The Morgan fingerprint density at radius 3 is 2.64 bits per heavy atom. The van der Waals surface area contributed by atoms with Crippen molar-refractivity contribution in [3.8, 4) is 0 Å². The van der Waals surface area contributed by atoms with E-state index in [1.54, 1.807) is 24.3 Å². The average molecular weight is 380 g/mol. The lowest BCUT2D eigenvalue weighted by molar-refractivity contribution is -0.126. The molecule has 6 nitrogen and oxygen atoms in total. The molecule has 0 saturated carbocycles. The highest BCUT2D eigenvalue weighted by Gasteiger charge is 2.25. The molecule has 0 fully saturated rings. The molecule has 6 heteroatoms. The molecule has 3 rings (SSSR count). The van der Waals surface area contributed by atoms with E-state index in [1.165, 1.54) is 12.7 Å². The SMILES string of the molecule is COC(=O)c1ccc(CC(NC=O)C(=O)NC2CCCc3ccccc32)cc1. The Kier molecular flexibility index (Phi) is 6.42. The average Bonchev–Trinajstić information content (AvgIpc) is 2.73. The van der Waals surface area contributed by atoms with Crippen molar-refractivity contribution in [2.75, 3.05) is 7.11 Å². The number of fused-ring (bicyclic) bond motifs is 1. The number of carbonyl (C=O) groups is 3. The first-order chi connectivity index (χ1) is 13.6. The number of benzene rings is 2. The van der Waals surface area contributed by atoms with Gasteiger partial charge < -0.3 is 15.4 Å². The van der Waals surface area contributed by atoms with E-state index in [0.717, 1.165) is 30.4 Å². The molecule has 2 aromatic rings. The maximum atomic E-state index is 12.8. The van der Waals surface area contributed by atoms with Crippen LogP contribution in [0.25, 0.3) is 0 Å². The number of rotatable bonds is 7. The van der Waals surface area contributed by atoms with E-state index in [4.69, 9.17) is 0 Å². The third kappa shape index (κ3) is 4.57. The van der Waals surface area contributed by atoms with Crippen LogP contribution in [-0.4, -0.2) is 31.4 Å². The van der Waals surface area contributed by atoms with Crippen LogP contribution in [0.3, 0.4) is 0 Å². The van der Waals surface area contributed by atoms with Crippen molar-refractivity contribution in [1.29, 1.82) is 0 Å². The summed E-state index contributed by atoms with van der Waals surface area (Å²) in [5.74, 6) is -0.631. The molecule has 0 aromatic heterocycles. The van der Waals surface area contributed by atoms with Gasteiger partial charge >= 0.3 is 5.97 Å². The molecule has 2 unspecified atom stereocenters. The van der Waals surface area contributed by atoms with Crippen LogP contribution in [-0.2, 0) is 27.2 Å². The predicted octanol–water partition coefficient (Wildman–Crippen LogP) is 2.32. The minimum absolute atomic E-state index is 0.0462. The molecule has 1 aliphatic rings. The van der Waals surface area contributed by atoms with Crippen molar-refractivity contribution in [2.45, 2.75) is 37.8 Å². The zero-order chi connectivity index (χ0) is 19.9. The lowest BCUT2D eigenvalue weighted by atomic mass is 9.87. The molecule has 0 spiro atoms. The van der Waals surface area contributed by atoms with E-state index in [2.05, 4.69) is 21.4 Å². The van der Waals surface area contributed by atoms with Gasteiger partial charge in [0.05, 0.1) is 18.7 Å². The first-order valence-corrected chi connectivity index (χ1v) is 9.37. The first kappa shape index (κ1) is 19.6. The fraction of sp³-hybridized carbons (Fsp3) is 0.318. The van der Waals surface area contributed by atoms with Gasteiger partial charge in [-0.15, -0.1) is 0 Å². The Morgan fingerprint density at radius 1 is 1.18 bits per heavy atom. The number of aryl methyl sites for hydroxylation is 1. The Bertz CT molecular complexity index is 848. The quantitative estimate of drug-likeness (QED) is 0.570. The lowest BCUT2D eigenvalue weighted by Gasteiger charge is -2.28. The molecule has 0 bridgehead atoms. The topological polar surface area (TPSA) is 84.5 Å². The van der Waals surface area contributed by atoms with Crippen LogP contribution in [0.4, 0.5) is 0 Å². The molecule has 28 heavy (non-hydrogen) atoms. The van der Waals surface area contributed by atoms with Gasteiger partial charge in [0, 0.05) is 6.42 Å². The molecule has 2 amide bonds. The van der Waals surface area contributed by atoms with E-state index in [9.17, 15) is 14.4 Å². The van der Waals surface area contributed by atoms with Gasteiger partial charge in [0.2, 0.25) is 12.3 Å². The number of nitrogens with one attached hydrogen (secondary N) is 2. The minimum atomic E-state index is -0.685. The molecule has 2 N–H and O–H groups in total. The summed E-state index contributed by atoms with van der Waals surface area (Å²) < 4.78 is 4.69. The molecule has 2 atom stereocenters. The largest absolute Gasteiger partial charge is 0.465 e. The molecule has 1 aliphatic carbocycles. The summed E-state index contributed by atoms with van der Waals surface area (Å²) in [7, 11) is 1.33. The summed E-state index contributed by atoms with van der Waals surface area (Å²) in [6.07, 6.45) is 3.79. The summed E-state index contributed by atoms with van der Waals surface area (Å²) in [5.41, 5.74) is 3.69. The summed E-state index contributed by atoms with van der Waals surface area (Å²) >= 11 is 0. The van der Waals surface area contributed by atoms with Crippen molar-refractivity contribution < 1.29 is 19.1 Å². The maximum absolute atomic E-state index is 12.8. The smallest absolute Gasteiger partial charge is 0.337 e. The summed E-state index contributed by atoms with van der Waals surface area (Å²) in [6.45, 7) is 0. The van der Waals surface area contributed by atoms with E-state index in [0.29, 0.717) is 18.4 Å². The highest BCUT2D eigenvalue weighted by atomic mass is 16.5. The predicted molar refractivity (Wildman–Crippen MR) is 105 cm³/mol. The van der Waals surface area contributed by atoms with Crippen LogP contribution in [0.5, 0.6) is 0 Å². The monoisotopic (exact) mass is 380 g/mol. The number of hydrogen-bond acceptors (Lipinski definition) is 4. The summed E-state index contributed by atoms with van der Waals surface area (Å²) in [5, 5.41) is 5.69. The molecule has 0 aliphatic heterocycles. The Morgan fingerprint density at radius 2 is 1.93 bits per heavy atom. The highest BCUT2D eigenvalue weighted by Crippen LogP contribution is 2.29. The Balaban J connectivity index is 1.69. The van der Waals surface area contributed by atoms with E-state index >= 15 is 0 Å². The molecule has 0 radical (unpaired) electrons. The Hall–Kier alpha value is -3.15. The Labute approximate surface area is 164 Å². The fourth-order valence-corrected chi connectivity index (χ4v) is 3.62. The summed E-state index contributed by atoms with van der Waals surface area (Å²) in [6, 6.07) is 14.2. The third-order valence-corrected chi connectivity index (χ3v) is 5.09. The van der Waals surface area contributed by atoms with Gasteiger partial charge in [0.25, 0.3) is 0 Å². The van der Waals surface area contributed by atoms with E-state index < -0.39 is 12.0 Å². The number of methoxy groups -OCH3 is 1. The molecule has 0 saturated heterocycles. The van der Waals surface area contributed by atoms with Gasteiger partial charge in [-0.2, -0.15) is 0 Å².